The number of hydrogen-bond donors (Lipinski definition) is 1. The van der Waals surface area contributed by atoms with Gasteiger partial charge in [0.1, 0.15) is 5.56 Å². The Balaban J connectivity index is 1.69. The molecule has 4 aromatic rings. The lowest BCUT2D eigenvalue weighted by molar-refractivity contribution is 0.0525. The van der Waals surface area contributed by atoms with Gasteiger partial charge in [0, 0.05) is 24.1 Å². The van der Waals surface area contributed by atoms with Gasteiger partial charge in [0.15, 0.2) is 5.82 Å². The summed E-state index contributed by atoms with van der Waals surface area (Å²) in [4.78, 5) is 44.0. The first kappa shape index (κ1) is 22.1. The fraction of sp³-hybridized carbons (Fsp3) is 0.400. The molecule has 4 heterocycles. The molecule has 0 saturated heterocycles. The molecule has 1 aliphatic rings. The summed E-state index contributed by atoms with van der Waals surface area (Å²) in [6.45, 7) is 5.80. The van der Waals surface area contributed by atoms with Gasteiger partial charge in [-0.25, -0.2) is 9.78 Å². The minimum Gasteiger partial charge on any atom is -0.462 e. The normalized spacial score (nSPS) is 18.4. The van der Waals surface area contributed by atoms with Crippen molar-refractivity contribution in [1.82, 2.24) is 24.3 Å². The summed E-state index contributed by atoms with van der Waals surface area (Å²) in [5, 5.41) is 7.63. The smallest absolute Gasteiger partial charge is 0.343 e. The highest BCUT2D eigenvalue weighted by molar-refractivity contribution is 5.95. The van der Waals surface area contributed by atoms with Gasteiger partial charge in [0.2, 0.25) is 0 Å². The van der Waals surface area contributed by atoms with Crippen LogP contribution in [0.1, 0.15) is 61.6 Å². The summed E-state index contributed by atoms with van der Waals surface area (Å²) in [6, 6.07) is 5.29. The third-order valence-electron chi connectivity index (χ3n) is 6.83. The van der Waals surface area contributed by atoms with Crippen molar-refractivity contribution < 1.29 is 9.53 Å². The molecule has 0 spiro atoms. The number of aromatic amines is 1. The van der Waals surface area contributed by atoms with E-state index in [-0.39, 0.29) is 35.0 Å². The largest absolute Gasteiger partial charge is 0.462 e. The number of aromatic nitrogens is 5. The molecule has 0 aromatic carbocycles. The van der Waals surface area contributed by atoms with E-state index in [1.807, 2.05) is 12.3 Å². The quantitative estimate of drug-likeness (QED) is 0.367. The van der Waals surface area contributed by atoms with Gasteiger partial charge in [-0.1, -0.05) is 19.8 Å². The Labute approximate surface area is 195 Å². The average molecular weight is 462 g/mol. The number of hydrogen-bond acceptors (Lipinski definition) is 6. The molecule has 0 radical (unpaired) electrons. The maximum absolute atomic E-state index is 13.5. The predicted octanol–water partition coefficient (Wildman–Crippen LogP) is 3.66. The van der Waals surface area contributed by atoms with Crippen molar-refractivity contribution in [2.24, 2.45) is 5.92 Å². The number of fused-ring (bicyclic) bond motifs is 2. The molecule has 9 heteroatoms. The maximum atomic E-state index is 13.5. The molecule has 9 nitrogen and oxygen atoms in total. The molecule has 1 aliphatic carbocycles. The molecule has 0 unspecified atom stereocenters. The SMILES string of the molecule is CCOC(=O)c1c(-n2ccc3nc4ccn([C@H]5CCCC[C@H]5C)c(=O)c4cc3c2=O)n[nH]c1C. The Kier molecular flexibility index (Phi) is 5.55. The number of H-pyrrole nitrogens is 1. The van der Waals surface area contributed by atoms with Crippen LogP contribution in [0.4, 0.5) is 0 Å². The number of esters is 1. The fourth-order valence-electron chi connectivity index (χ4n) is 5.02. The number of nitrogens with zero attached hydrogens (tertiary/aromatic N) is 4. The molecule has 176 valence electrons. The Morgan fingerprint density at radius 1 is 1.12 bits per heavy atom. The summed E-state index contributed by atoms with van der Waals surface area (Å²) in [5.74, 6) is 0.0140. The summed E-state index contributed by atoms with van der Waals surface area (Å²) in [6.07, 6.45) is 7.72. The number of pyridine rings is 3. The zero-order valence-corrected chi connectivity index (χ0v) is 19.5. The zero-order chi connectivity index (χ0) is 24.0. The van der Waals surface area contributed by atoms with Gasteiger partial charge >= 0.3 is 5.97 Å². The van der Waals surface area contributed by atoms with E-state index in [0.29, 0.717) is 28.0 Å². The summed E-state index contributed by atoms with van der Waals surface area (Å²) in [5.41, 5.74) is 1.18. The number of aryl methyl sites for hydroxylation is 1. The second-order valence-electron chi connectivity index (χ2n) is 8.97. The van der Waals surface area contributed by atoms with Crippen molar-refractivity contribution in [1.29, 1.82) is 0 Å². The number of nitrogens with one attached hydrogen (secondary N) is 1. The van der Waals surface area contributed by atoms with Crippen molar-refractivity contribution in [3.63, 3.8) is 0 Å². The van der Waals surface area contributed by atoms with Gasteiger partial charge in [-0.15, -0.1) is 0 Å². The summed E-state index contributed by atoms with van der Waals surface area (Å²) in [7, 11) is 0. The summed E-state index contributed by atoms with van der Waals surface area (Å²) >= 11 is 0. The minimum atomic E-state index is -0.558. The Hall–Kier alpha value is -3.75. The molecule has 34 heavy (non-hydrogen) atoms. The van der Waals surface area contributed by atoms with Crippen LogP contribution >= 0.6 is 0 Å². The standard InChI is InChI=1S/C25H27N5O4/c1-4-34-25(33)21-15(3)27-28-22(21)30-12-10-19-17(24(30)32)13-16-18(26-19)9-11-29(23(16)31)20-8-6-5-7-14(20)2/h9-14,20H,4-8H2,1-3H3,(H,27,28)/t14-,20+/m1/s1. The highest BCUT2D eigenvalue weighted by atomic mass is 16.5. The van der Waals surface area contributed by atoms with Crippen molar-refractivity contribution in [2.45, 2.75) is 52.5 Å². The Bertz CT molecular complexity index is 1530. The molecule has 1 saturated carbocycles. The highest BCUT2D eigenvalue weighted by Crippen LogP contribution is 2.33. The molecular weight excluding hydrogens is 434 g/mol. The van der Waals surface area contributed by atoms with Crippen LogP contribution in [0.2, 0.25) is 0 Å². The number of rotatable bonds is 4. The van der Waals surface area contributed by atoms with Gasteiger partial charge in [0.05, 0.1) is 28.4 Å². The van der Waals surface area contributed by atoms with Crippen molar-refractivity contribution in [2.75, 3.05) is 6.61 Å². The fourth-order valence-corrected chi connectivity index (χ4v) is 5.02. The van der Waals surface area contributed by atoms with E-state index in [2.05, 4.69) is 22.1 Å². The third-order valence-corrected chi connectivity index (χ3v) is 6.83. The van der Waals surface area contributed by atoms with E-state index in [0.717, 1.165) is 19.3 Å². The Morgan fingerprint density at radius 3 is 2.56 bits per heavy atom. The number of carbonyl (C=O) groups excluding carboxylic acids is 1. The van der Waals surface area contributed by atoms with Gasteiger partial charge < -0.3 is 9.30 Å². The minimum absolute atomic E-state index is 0.136. The van der Waals surface area contributed by atoms with Crippen LogP contribution < -0.4 is 11.1 Å². The molecule has 4 aromatic heterocycles. The lowest BCUT2D eigenvalue weighted by Crippen LogP contribution is -2.30. The first-order chi connectivity index (χ1) is 16.4. The van der Waals surface area contributed by atoms with Crippen LogP contribution in [-0.4, -0.2) is 36.9 Å². The molecule has 0 aliphatic heterocycles. The highest BCUT2D eigenvalue weighted by Gasteiger charge is 2.25. The molecule has 1 N–H and O–H groups in total. The monoisotopic (exact) mass is 461 g/mol. The zero-order valence-electron chi connectivity index (χ0n) is 19.5. The molecule has 0 bridgehead atoms. The number of ether oxygens (including phenoxy) is 1. The molecular formula is C25H27N5O4. The average Bonchev–Trinajstić information content (AvgIpc) is 3.21. The molecule has 2 atom stereocenters. The third kappa shape index (κ3) is 3.52. The number of carbonyl (C=O) groups is 1. The van der Waals surface area contributed by atoms with Gasteiger partial charge in [-0.05, 0) is 50.8 Å². The van der Waals surface area contributed by atoms with Crippen LogP contribution in [0.3, 0.4) is 0 Å². The van der Waals surface area contributed by atoms with Gasteiger partial charge in [-0.3, -0.25) is 19.3 Å². The lowest BCUT2D eigenvalue weighted by atomic mass is 9.85. The van der Waals surface area contributed by atoms with Crippen LogP contribution in [0, 0.1) is 12.8 Å². The van der Waals surface area contributed by atoms with E-state index in [9.17, 15) is 14.4 Å². The van der Waals surface area contributed by atoms with E-state index < -0.39 is 11.5 Å². The van der Waals surface area contributed by atoms with E-state index >= 15 is 0 Å². The summed E-state index contributed by atoms with van der Waals surface area (Å²) < 4.78 is 8.23. The topological polar surface area (TPSA) is 112 Å². The van der Waals surface area contributed by atoms with E-state index in [1.54, 1.807) is 30.5 Å². The van der Waals surface area contributed by atoms with Gasteiger partial charge in [0.25, 0.3) is 11.1 Å². The Morgan fingerprint density at radius 2 is 1.82 bits per heavy atom. The van der Waals surface area contributed by atoms with Crippen LogP contribution in [0.25, 0.3) is 27.6 Å². The van der Waals surface area contributed by atoms with Crippen molar-refractivity contribution in [3.05, 3.63) is 62.6 Å². The molecule has 5 rings (SSSR count). The predicted molar refractivity (Wildman–Crippen MR) is 129 cm³/mol. The van der Waals surface area contributed by atoms with Crippen molar-refractivity contribution in [3.8, 4) is 5.82 Å². The van der Waals surface area contributed by atoms with Crippen molar-refractivity contribution >= 4 is 27.8 Å². The van der Waals surface area contributed by atoms with Crippen LogP contribution in [-0.2, 0) is 4.74 Å². The van der Waals surface area contributed by atoms with Crippen LogP contribution in [0.5, 0.6) is 0 Å². The maximum Gasteiger partial charge on any atom is 0.343 e. The second-order valence-corrected chi connectivity index (χ2v) is 8.97. The molecule has 1 fully saturated rings. The second kappa shape index (κ2) is 8.55. The molecule has 0 amide bonds. The van der Waals surface area contributed by atoms with E-state index in [1.165, 1.54) is 17.2 Å². The first-order valence-electron chi connectivity index (χ1n) is 11.7. The first-order valence-corrected chi connectivity index (χ1v) is 11.7. The van der Waals surface area contributed by atoms with E-state index in [4.69, 9.17) is 4.74 Å². The van der Waals surface area contributed by atoms with Crippen LogP contribution in [0.15, 0.2) is 40.2 Å². The van der Waals surface area contributed by atoms with Gasteiger partial charge in [-0.2, -0.15) is 5.10 Å². The lowest BCUT2D eigenvalue weighted by Gasteiger charge is -2.30.